The number of likely N-dealkylation sites (N-methyl/N-ethyl adjacent to an activating group) is 1. The van der Waals surface area contributed by atoms with Crippen molar-refractivity contribution in [2.45, 2.75) is 76.6 Å². The Balaban J connectivity index is 1.80. The summed E-state index contributed by atoms with van der Waals surface area (Å²) in [4.78, 5) is 16.7. The van der Waals surface area contributed by atoms with E-state index in [0.717, 1.165) is 5.56 Å². The highest BCUT2D eigenvalue weighted by Crippen LogP contribution is 2.54. The smallest absolute Gasteiger partial charge is 0.240 e. The van der Waals surface area contributed by atoms with E-state index in [1.165, 1.54) is 0 Å². The average molecular weight is 474 g/mol. The molecule has 0 spiro atoms. The van der Waals surface area contributed by atoms with Crippen molar-refractivity contribution >= 4 is 14.2 Å². The Labute approximate surface area is 197 Å². The fraction of sp³-hybridized carbons (Fsp3) is 0.667. The number of benzene rings is 1. The molecule has 0 aliphatic carbocycles. The van der Waals surface area contributed by atoms with E-state index in [1.807, 2.05) is 30.0 Å². The number of fused-ring (bicyclic) bond motifs is 2. The van der Waals surface area contributed by atoms with Gasteiger partial charge in [0.25, 0.3) is 0 Å². The molecule has 1 N–H and O–H groups in total. The van der Waals surface area contributed by atoms with Crippen LogP contribution in [0.5, 0.6) is 11.5 Å². The van der Waals surface area contributed by atoms with E-state index in [0.29, 0.717) is 17.9 Å². The lowest BCUT2D eigenvalue weighted by Gasteiger charge is -2.46. The van der Waals surface area contributed by atoms with Crippen LogP contribution >= 0.6 is 0 Å². The highest BCUT2D eigenvalue weighted by atomic mass is 28.4. The van der Waals surface area contributed by atoms with Crippen molar-refractivity contribution < 1.29 is 23.8 Å². The number of piperazine rings is 1. The van der Waals surface area contributed by atoms with E-state index >= 15 is 0 Å². The van der Waals surface area contributed by atoms with Crippen LogP contribution in [0.1, 0.15) is 45.7 Å². The molecule has 8 nitrogen and oxygen atoms in total. The first-order valence-corrected chi connectivity index (χ1v) is 14.4. The van der Waals surface area contributed by atoms with Crippen LogP contribution in [0.3, 0.4) is 0 Å². The lowest BCUT2D eigenvalue weighted by atomic mass is 9.78. The van der Waals surface area contributed by atoms with Crippen LogP contribution in [0.15, 0.2) is 18.2 Å². The van der Waals surface area contributed by atoms with Crippen LogP contribution < -0.4 is 9.47 Å². The highest BCUT2D eigenvalue weighted by molar-refractivity contribution is 6.74. The van der Waals surface area contributed by atoms with Crippen LogP contribution in [0.4, 0.5) is 0 Å². The number of nitriles is 1. The molecule has 1 unspecified atom stereocenters. The van der Waals surface area contributed by atoms with Crippen molar-refractivity contribution in [3.63, 3.8) is 0 Å². The van der Waals surface area contributed by atoms with Crippen molar-refractivity contribution in [1.82, 2.24) is 9.80 Å². The Kier molecular flexibility index (Phi) is 5.81. The predicted molar refractivity (Wildman–Crippen MR) is 125 cm³/mol. The standard InChI is InChI=1S/C24H35N3O5Si/c1-15-21(28)27-17(22(29)26(15)5)11-24(12-25,13-32-33(6,7)23(2,3)4)20(27)16-8-9-18-19(10-16)31-14-30-18/h8-10,15,17,20-21,28H,11,13-14H2,1-7H3/t15-,17+,20+,21?,24-/m1/s1. The molecule has 4 rings (SSSR count). The SMILES string of the molecule is C[C@@H]1C(O)N2[C@@H](c3ccc4c(c3)OCO4)[C@](C#N)(CO[Si](C)(C)C(C)(C)C)C[C@H]2C(=O)N1C. The Hall–Kier alpha value is -2.12. The fourth-order valence-electron chi connectivity index (χ4n) is 4.84. The van der Waals surface area contributed by atoms with Gasteiger partial charge in [0.05, 0.1) is 30.8 Å². The molecule has 0 saturated carbocycles. The molecule has 2 fully saturated rings. The molecule has 5 atom stereocenters. The van der Waals surface area contributed by atoms with Gasteiger partial charge in [0.1, 0.15) is 11.6 Å². The van der Waals surface area contributed by atoms with Crippen LogP contribution in [0, 0.1) is 16.7 Å². The Bertz CT molecular complexity index is 987. The first-order chi connectivity index (χ1) is 15.3. The summed E-state index contributed by atoms with van der Waals surface area (Å²) in [6.07, 6.45) is -0.610. The molecule has 9 heteroatoms. The summed E-state index contributed by atoms with van der Waals surface area (Å²) in [7, 11) is -0.455. The monoisotopic (exact) mass is 473 g/mol. The molecule has 33 heavy (non-hydrogen) atoms. The predicted octanol–water partition coefficient (Wildman–Crippen LogP) is 3.24. The molecule has 0 aromatic heterocycles. The van der Waals surface area contributed by atoms with Gasteiger partial charge in [0, 0.05) is 7.05 Å². The molecule has 3 aliphatic heterocycles. The quantitative estimate of drug-likeness (QED) is 0.671. The number of hydrogen-bond acceptors (Lipinski definition) is 7. The molecular weight excluding hydrogens is 438 g/mol. The second kappa shape index (κ2) is 7.98. The molecule has 1 aromatic carbocycles. The average Bonchev–Trinajstić information content (AvgIpc) is 3.36. The van der Waals surface area contributed by atoms with Gasteiger partial charge in [-0.25, -0.2) is 0 Å². The Morgan fingerprint density at radius 2 is 1.97 bits per heavy atom. The van der Waals surface area contributed by atoms with Gasteiger partial charge in [-0.3, -0.25) is 9.69 Å². The van der Waals surface area contributed by atoms with Gasteiger partial charge in [-0.2, -0.15) is 5.26 Å². The molecular formula is C24H35N3O5Si. The molecule has 0 bridgehead atoms. The number of carbonyl (C=O) groups is 1. The van der Waals surface area contributed by atoms with E-state index in [-0.39, 0.29) is 24.3 Å². The van der Waals surface area contributed by atoms with Crippen LogP contribution in [0.2, 0.25) is 18.1 Å². The van der Waals surface area contributed by atoms with Crippen molar-refractivity contribution in [3.05, 3.63) is 23.8 Å². The van der Waals surface area contributed by atoms with Crippen molar-refractivity contribution in [3.8, 4) is 17.6 Å². The first kappa shape index (κ1) is 24.0. The Morgan fingerprint density at radius 3 is 2.61 bits per heavy atom. The molecule has 1 aromatic rings. The maximum Gasteiger partial charge on any atom is 0.240 e. The molecule has 180 valence electrons. The lowest BCUT2D eigenvalue weighted by molar-refractivity contribution is -0.165. The number of aliphatic hydroxyl groups is 1. The third-order valence-corrected chi connectivity index (χ3v) is 12.6. The zero-order valence-corrected chi connectivity index (χ0v) is 21.6. The maximum atomic E-state index is 13.3. The van der Waals surface area contributed by atoms with E-state index in [1.54, 1.807) is 11.9 Å². The lowest BCUT2D eigenvalue weighted by Crippen LogP contribution is -2.63. The summed E-state index contributed by atoms with van der Waals surface area (Å²) >= 11 is 0. The summed E-state index contributed by atoms with van der Waals surface area (Å²) in [5.41, 5.74) is -0.194. The van der Waals surface area contributed by atoms with Gasteiger partial charge in [-0.1, -0.05) is 26.8 Å². The number of hydrogen-bond donors (Lipinski definition) is 1. The van der Waals surface area contributed by atoms with E-state index in [2.05, 4.69) is 39.9 Å². The molecule has 3 aliphatic rings. The molecule has 0 radical (unpaired) electrons. The summed E-state index contributed by atoms with van der Waals surface area (Å²) in [6.45, 7) is 13.0. The summed E-state index contributed by atoms with van der Waals surface area (Å²) in [5, 5.41) is 21.8. The maximum absolute atomic E-state index is 13.3. The minimum Gasteiger partial charge on any atom is -0.454 e. The number of rotatable bonds is 4. The van der Waals surface area contributed by atoms with Crippen LogP contribution in [-0.4, -0.2) is 67.9 Å². The summed E-state index contributed by atoms with van der Waals surface area (Å²) < 4.78 is 17.6. The third kappa shape index (κ3) is 3.73. The number of nitrogens with zero attached hydrogens (tertiary/aromatic N) is 3. The van der Waals surface area contributed by atoms with E-state index in [9.17, 15) is 15.2 Å². The minimum absolute atomic E-state index is 0.0202. The van der Waals surface area contributed by atoms with Gasteiger partial charge >= 0.3 is 0 Å². The van der Waals surface area contributed by atoms with E-state index in [4.69, 9.17) is 13.9 Å². The summed E-state index contributed by atoms with van der Waals surface area (Å²) in [5.74, 6) is 1.18. The van der Waals surface area contributed by atoms with Gasteiger partial charge in [0.15, 0.2) is 19.8 Å². The second-order valence-electron chi connectivity index (χ2n) is 11.1. The molecule has 3 heterocycles. The van der Waals surface area contributed by atoms with Gasteiger partial charge in [-0.05, 0) is 49.2 Å². The van der Waals surface area contributed by atoms with Crippen LogP contribution in [0.25, 0.3) is 0 Å². The van der Waals surface area contributed by atoms with Crippen molar-refractivity contribution in [1.29, 1.82) is 5.26 Å². The normalized spacial score (nSPS) is 32.1. The summed E-state index contributed by atoms with van der Waals surface area (Å²) in [6, 6.07) is 6.62. The van der Waals surface area contributed by atoms with Gasteiger partial charge in [0.2, 0.25) is 12.7 Å². The third-order valence-electron chi connectivity index (χ3n) is 8.15. The topological polar surface area (TPSA) is 95.3 Å². The molecule has 2 saturated heterocycles. The largest absolute Gasteiger partial charge is 0.454 e. The molecule has 1 amide bonds. The Morgan fingerprint density at radius 1 is 1.30 bits per heavy atom. The fourth-order valence-corrected chi connectivity index (χ4v) is 5.89. The zero-order chi connectivity index (χ0) is 24.3. The minimum atomic E-state index is -2.16. The van der Waals surface area contributed by atoms with Gasteiger partial charge < -0.3 is 23.9 Å². The number of ether oxygens (including phenoxy) is 2. The number of carbonyl (C=O) groups excluding carboxylic acids is 1. The van der Waals surface area contributed by atoms with Gasteiger partial charge in [-0.15, -0.1) is 0 Å². The zero-order valence-electron chi connectivity index (χ0n) is 20.6. The number of aliphatic hydroxyl groups excluding tert-OH is 1. The van der Waals surface area contributed by atoms with Crippen molar-refractivity contribution in [2.24, 2.45) is 5.41 Å². The first-order valence-electron chi connectivity index (χ1n) is 11.5. The van der Waals surface area contributed by atoms with E-state index < -0.39 is 38.1 Å². The second-order valence-corrected chi connectivity index (χ2v) is 15.9. The highest BCUT2D eigenvalue weighted by Gasteiger charge is 2.61. The van der Waals surface area contributed by atoms with Crippen LogP contribution in [-0.2, 0) is 9.22 Å². The van der Waals surface area contributed by atoms with Crippen molar-refractivity contribution in [2.75, 3.05) is 20.4 Å². The number of amides is 1.